The smallest absolute Gasteiger partial charge is 0.282 e. The molecule has 32 heavy (non-hydrogen) atoms. The molecule has 2 aromatic rings. The standard InChI is InChI=1S/C25H30N2O5/c1-18(2)32-21-13-9-8-12-20(21)27-24(28)22(19-10-6-5-7-11-19)23(25(27)29)26(14-16-30-3)15-17-31-4/h5-13,18H,14-17H2,1-4H3. The molecule has 7 heteroatoms. The second kappa shape index (κ2) is 10.9. The molecule has 0 aliphatic carbocycles. The normalized spacial score (nSPS) is 14.0. The minimum Gasteiger partial charge on any atom is -0.489 e. The summed E-state index contributed by atoms with van der Waals surface area (Å²) in [5, 5.41) is 0. The van der Waals surface area contributed by atoms with Crippen molar-refractivity contribution < 1.29 is 23.8 Å². The highest BCUT2D eigenvalue weighted by Crippen LogP contribution is 2.38. The van der Waals surface area contributed by atoms with Gasteiger partial charge in [0, 0.05) is 27.3 Å². The lowest BCUT2D eigenvalue weighted by molar-refractivity contribution is -0.120. The summed E-state index contributed by atoms with van der Waals surface area (Å²) >= 11 is 0. The third-order valence-electron chi connectivity index (χ3n) is 5.04. The van der Waals surface area contributed by atoms with Crippen molar-refractivity contribution in [2.24, 2.45) is 0 Å². The third-order valence-corrected chi connectivity index (χ3v) is 5.04. The quantitative estimate of drug-likeness (QED) is 0.501. The Labute approximate surface area is 189 Å². The van der Waals surface area contributed by atoms with Crippen LogP contribution in [0.2, 0.25) is 0 Å². The van der Waals surface area contributed by atoms with Crippen LogP contribution in [-0.4, -0.2) is 63.3 Å². The molecule has 7 nitrogen and oxygen atoms in total. The van der Waals surface area contributed by atoms with E-state index in [1.54, 1.807) is 32.4 Å². The maximum Gasteiger partial charge on any atom is 0.282 e. The van der Waals surface area contributed by atoms with Crippen molar-refractivity contribution in [3.8, 4) is 5.75 Å². The van der Waals surface area contributed by atoms with E-state index in [0.717, 1.165) is 0 Å². The van der Waals surface area contributed by atoms with E-state index in [1.165, 1.54) is 4.90 Å². The van der Waals surface area contributed by atoms with Gasteiger partial charge in [0.1, 0.15) is 11.4 Å². The minimum atomic E-state index is -0.388. The van der Waals surface area contributed by atoms with Crippen LogP contribution in [0.5, 0.6) is 5.75 Å². The van der Waals surface area contributed by atoms with Gasteiger partial charge >= 0.3 is 0 Å². The van der Waals surface area contributed by atoms with Gasteiger partial charge in [-0.05, 0) is 31.5 Å². The second-order valence-electron chi connectivity index (χ2n) is 7.64. The number of carbonyl (C=O) groups is 2. The first-order valence-electron chi connectivity index (χ1n) is 10.7. The molecule has 2 amide bonds. The van der Waals surface area contributed by atoms with Gasteiger partial charge in [0.05, 0.1) is 30.6 Å². The molecule has 0 fully saturated rings. The summed E-state index contributed by atoms with van der Waals surface area (Å²) in [4.78, 5) is 30.6. The number of hydrogen-bond acceptors (Lipinski definition) is 6. The highest BCUT2D eigenvalue weighted by molar-refractivity contribution is 6.45. The van der Waals surface area contributed by atoms with E-state index >= 15 is 0 Å². The number of hydrogen-bond donors (Lipinski definition) is 0. The predicted octanol–water partition coefficient (Wildman–Crippen LogP) is 3.35. The Morgan fingerprint density at radius 3 is 2.03 bits per heavy atom. The minimum absolute atomic E-state index is 0.107. The zero-order valence-electron chi connectivity index (χ0n) is 19.0. The molecule has 0 aromatic heterocycles. The highest BCUT2D eigenvalue weighted by Gasteiger charge is 2.43. The number of para-hydroxylation sites is 2. The summed E-state index contributed by atoms with van der Waals surface area (Å²) in [6.45, 7) is 5.51. The van der Waals surface area contributed by atoms with Crippen LogP contribution < -0.4 is 9.64 Å². The van der Waals surface area contributed by atoms with E-state index in [4.69, 9.17) is 14.2 Å². The molecule has 2 aromatic carbocycles. The van der Waals surface area contributed by atoms with Crippen molar-refractivity contribution >= 4 is 23.1 Å². The van der Waals surface area contributed by atoms with Crippen molar-refractivity contribution in [2.45, 2.75) is 20.0 Å². The Hall–Kier alpha value is -3.16. The number of nitrogens with zero attached hydrogens (tertiary/aromatic N) is 2. The lowest BCUT2D eigenvalue weighted by Gasteiger charge is -2.26. The Bertz CT molecular complexity index is 963. The topological polar surface area (TPSA) is 68.3 Å². The fourth-order valence-electron chi connectivity index (χ4n) is 3.63. The first kappa shape index (κ1) is 23.5. The molecule has 170 valence electrons. The highest BCUT2D eigenvalue weighted by atomic mass is 16.5. The molecule has 3 rings (SSSR count). The van der Waals surface area contributed by atoms with Crippen LogP contribution in [-0.2, 0) is 19.1 Å². The molecule has 1 heterocycles. The molecular formula is C25H30N2O5. The number of carbonyl (C=O) groups excluding carboxylic acids is 2. The number of imide groups is 1. The molecule has 1 aliphatic heterocycles. The third kappa shape index (κ3) is 5.00. The summed E-state index contributed by atoms with van der Waals surface area (Å²) < 4.78 is 16.4. The lowest BCUT2D eigenvalue weighted by Crippen LogP contribution is -2.38. The lowest BCUT2D eigenvalue weighted by atomic mass is 10.0. The average molecular weight is 439 g/mol. The van der Waals surface area contributed by atoms with Gasteiger partial charge in [-0.2, -0.15) is 0 Å². The maximum atomic E-state index is 13.8. The van der Waals surface area contributed by atoms with E-state index < -0.39 is 0 Å². The average Bonchev–Trinajstić information content (AvgIpc) is 3.04. The van der Waals surface area contributed by atoms with Gasteiger partial charge in [0.15, 0.2) is 0 Å². The van der Waals surface area contributed by atoms with Crippen LogP contribution in [0.25, 0.3) is 5.57 Å². The largest absolute Gasteiger partial charge is 0.489 e. The molecule has 0 spiro atoms. The number of benzene rings is 2. The molecule has 0 saturated carbocycles. The first-order chi connectivity index (χ1) is 15.5. The van der Waals surface area contributed by atoms with Gasteiger partial charge in [-0.1, -0.05) is 42.5 Å². The summed E-state index contributed by atoms with van der Waals surface area (Å²) in [6.07, 6.45) is -0.107. The fourth-order valence-corrected chi connectivity index (χ4v) is 3.63. The van der Waals surface area contributed by atoms with Gasteiger partial charge in [-0.3, -0.25) is 9.59 Å². The number of methoxy groups -OCH3 is 2. The Kier molecular flexibility index (Phi) is 8.03. The van der Waals surface area contributed by atoms with E-state index in [-0.39, 0.29) is 17.9 Å². The van der Waals surface area contributed by atoms with E-state index in [2.05, 4.69) is 0 Å². The summed E-state index contributed by atoms with van der Waals surface area (Å²) in [5.74, 6) is -0.283. The molecule has 0 bridgehead atoms. The first-order valence-corrected chi connectivity index (χ1v) is 10.7. The summed E-state index contributed by atoms with van der Waals surface area (Å²) in [7, 11) is 3.21. The maximum absolute atomic E-state index is 13.8. The van der Waals surface area contributed by atoms with Crippen LogP contribution in [0.4, 0.5) is 5.69 Å². The zero-order chi connectivity index (χ0) is 23.1. The fraction of sp³-hybridized carbons (Fsp3) is 0.360. The SMILES string of the molecule is COCCN(CCOC)C1=C(c2ccccc2)C(=O)N(c2ccccc2OC(C)C)C1=O. The van der Waals surface area contributed by atoms with Crippen LogP contribution in [0, 0.1) is 0 Å². The van der Waals surface area contributed by atoms with Crippen LogP contribution in [0.15, 0.2) is 60.3 Å². The van der Waals surface area contributed by atoms with Crippen LogP contribution >= 0.6 is 0 Å². The van der Waals surface area contributed by atoms with Gasteiger partial charge in [-0.15, -0.1) is 0 Å². The Morgan fingerprint density at radius 1 is 0.844 bits per heavy atom. The van der Waals surface area contributed by atoms with Crippen molar-refractivity contribution in [1.82, 2.24) is 4.90 Å². The molecule has 0 saturated heterocycles. The van der Waals surface area contributed by atoms with Crippen molar-refractivity contribution in [2.75, 3.05) is 45.4 Å². The van der Waals surface area contributed by atoms with Crippen molar-refractivity contribution in [3.63, 3.8) is 0 Å². The predicted molar refractivity (Wildman–Crippen MR) is 123 cm³/mol. The summed E-state index contributed by atoms with van der Waals surface area (Å²) in [6, 6.07) is 16.4. The molecular weight excluding hydrogens is 408 g/mol. The summed E-state index contributed by atoms with van der Waals surface area (Å²) in [5.41, 5.74) is 1.82. The van der Waals surface area contributed by atoms with Crippen molar-refractivity contribution in [3.05, 3.63) is 65.9 Å². The van der Waals surface area contributed by atoms with Gasteiger partial charge in [0.2, 0.25) is 0 Å². The molecule has 0 unspecified atom stereocenters. The molecule has 0 atom stereocenters. The molecule has 0 radical (unpaired) electrons. The van der Waals surface area contributed by atoms with E-state index in [1.807, 2.05) is 55.1 Å². The van der Waals surface area contributed by atoms with E-state index in [9.17, 15) is 9.59 Å². The zero-order valence-corrected chi connectivity index (χ0v) is 19.0. The van der Waals surface area contributed by atoms with Gasteiger partial charge in [-0.25, -0.2) is 4.90 Å². The van der Waals surface area contributed by atoms with Crippen molar-refractivity contribution in [1.29, 1.82) is 0 Å². The monoisotopic (exact) mass is 438 g/mol. The Balaban J connectivity index is 2.12. The van der Waals surface area contributed by atoms with Gasteiger partial charge in [0.25, 0.3) is 11.8 Å². The number of ether oxygens (including phenoxy) is 3. The van der Waals surface area contributed by atoms with Gasteiger partial charge < -0.3 is 19.1 Å². The van der Waals surface area contributed by atoms with Crippen LogP contribution in [0.3, 0.4) is 0 Å². The number of amides is 2. The second-order valence-corrected chi connectivity index (χ2v) is 7.64. The molecule has 1 aliphatic rings. The number of anilines is 1. The Morgan fingerprint density at radius 2 is 1.44 bits per heavy atom. The molecule has 0 N–H and O–H groups in total. The number of rotatable bonds is 11. The van der Waals surface area contributed by atoms with Crippen LogP contribution in [0.1, 0.15) is 19.4 Å². The van der Waals surface area contributed by atoms with E-state index in [0.29, 0.717) is 54.6 Å².